The van der Waals surface area contributed by atoms with E-state index in [1.165, 1.54) is 23.3 Å². The minimum atomic E-state index is -1.00. The summed E-state index contributed by atoms with van der Waals surface area (Å²) in [5.41, 5.74) is 0. The van der Waals surface area contributed by atoms with E-state index in [-0.39, 0.29) is 0 Å². The Labute approximate surface area is 103 Å². The lowest BCUT2D eigenvalue weighted by molar-refractivity contribution is -0.141. The number of aromatic nitrogens is 1. The van der Waals surface area contributed by atoms with Gasteiger partial charge in [0.2, 0.25) is 0 Å². The van der Waals surface area contributed by atoms with Crippen molar-refractivity contribution in [3.63, 3.8) is 0 Å². The highest BCUT2D eigenvalue weighted by Crippen LogP contribution is 2.05. The second-order valence-electron chi connectivity index (χ2n) is 3.46. The second-order valence-corrected chi connectivity index (χ2v) is 4.44. The van der Waals surface area contributed by atoms with Gasteiger partial charge in [-0.2, -0.15) is 0 Å². The first-order valence-electron chi connectivity index (χ1n) is 5.18. The lowest BCUT2D eigenvalue weighted by Gasteiger charge is -2.23. The van der Waals surface area contributed by atoms with Crippen LogP contribution in [0.5, 0.6) is 0 Å². The van der Waals surface area contributed by atoms with Crippen molar-refractivity contribution >= 4 is 23.3 Å². The largest absolute Gasteiger partial charge is 0.480 e. The molecule has 7 heteroatoms. The Morgan fingerprint density at radius 2 is 2.35 bits per heavy atom. The van der Waals surface area contributed by atoms with Crippen LogP contribution in [0.1, 0.15) is 18.4 Å². The molecule has 1 aromatic rings. The summed E-state index contributed by atoms with van der Waals surface area (Å²) in [6.07, 6.45) is 2.03. The number of likely N-dealkylation sites (N-methyl/N-ethyl adjacent to an activating group) is 1. The number of carbonyl (C=O) groups excluding carboxylic acids is 1. The van der Waals surface area contributed by atoms with E-state index in [0.717, 1.165) is 5.01 Å². The number of carboxylic acid groups (broad SMARTS) is 1. The van der Waals surface area contributed by atoms with Gasteiger partial charge < -0.3 is 15.3 Å². The SMILES string of the molecule is CCC(C(=O)O)N(C)C(=O)NCc1nccs1. The Morgan fingerprint density at radius 3 is 2.82 bits per heavy atom. The van der Waals surface area contributed by atoms with Gasteiger partial charge in [-0.3, -0.25) is 0 Å². The summed E-state index contributed by atoms with van der Waals surface area (Å²) in [6, 6.07) is -1.21. The number of carboxylic acids is 1. The Bertz CT molecular complexity index is 380. The highest BCUT2D eigenvalue weighted by molar-refractivity contribution is 7.09. The summed E-state index contributed by atoms with van der Waals surface area (Å²) in [6.45, 7) is 2.04. The molecule has 0 spiro atoms. The van der Waals surface area contributed by atoms with Crippen molar-refractivity contribution in [3.8, 4) is 0 Å². The van der Waals surface area contributed by atoms with Gasteiger partial charge in [-0.15, -0.1) is 11.3 Å². The molecule has 1 rings (SSSR count). The number of hydrogen-bond acceptors (Lipinski definition) is 4. The van der Waals surface area contributed by atoms with Gasteiger partial charge >= 0.3 is 12.0 Å². The number of urea groups is 1. The Balaban J connectivity index is 2.49. The number of hydrogen-bond donors (Lipinski definition) is 2. The third-order valence-corrected chi connectivity index (χ3v) is 3.11. The zero-order valence-electron chi connectivity index (χ0n) is 9.71. The van der Waals surface area contributed by atoms with E-state index in [4.69, 9.17) is 5.11 Å². The number of amides is 2. The molecule has 17 heavy (non-hydrogen) atoms. The van der Waals surface area contributed by atoms with Crippen molar-refractivity contribution in [1.29, 1.82) is 0 Å². The van der Waals surface area contributed by atoms with Gasteiger partial charge in [0.05, 0.1) is 6.54 Å². The van der Waals surface area contributed by atoms with E-state index in [0.29, 0.717) is 13.0 Å². The number of rotatable bonds is 5. The maximum Gasteiger partial charge on any atom is 0.326 e. The third-order valence-electron chi connectivity index (χ3n) is 2.33. The Hall–Kier alpha value is -1.63. The van der Waals surface area contributed by atoms with Crippen LogP contribution in [-0.2, 0) is 11.3 Å². The molecule has 0 aliphatic heterocycles. The van der Waals surface area contributed by atoms with Gasteiger partial charge in [0.25, 0.3) is 0 Å². The van der Waals surface area contributed by atoms with Crippen LogP contribution in [0.25, 0.3) is 0 Å². The summed E-state index contributed by atoms with van der Waals surface area (Å²) >= 11 is 1.44. The average molecular weight is 257 g/mol. The molecule has 0 aromatic carbocycles. The number of nitrogens with zero attached hydrogens (tertiary/aromatic N) is 2. The van der Waals surface area contributed by atoms with Gasteiger partial charge in [0.1, 0.15) is 11.0 Å². The highest BCUT2D eigenvalue weighted by atomic mass is 32.1. The van der Waals surface area contributed by atoms with Crippen molar-refractivity contribution in [2.45, 2.75) is 25.9 Å². The predicted octanol–water partition coefficient (Wildman–Crippen LogP) is 1.15. The van der Waals surface area contributed by atoms with Crippen molar-refractivity contribution < 1.29 is 14.7 Å². The van der Waals surface area contributed by atoms with Crippen LogP contribution >= 0.6 is 11.3 Å². The first-order valence-corrected chi connectivity index (χ1v) is 6.06. The van der Waals surface area contributed by atoms with Gasteiger partial charge in [0, 0.05) is 18.6 Å². The number of carbonyl (C=O) groups is 2. The van der Waals surface area contributed by atoms with E-state index < -0.39 is 18.0 Å². The van der Waals surface area contributed by atoms with E-state index >= 15 is 0 Å². The molecule has 1 heterocycles. The second kappa shape index (κ2) is 6.19. The number of nitrogens with one attached hydrogen (secondary N) is 1. The summed E-state index contributed by atoms with van der Waals surface area (Å²) in [7, 11) is 1.47. The van der Waals surface area contributed by atoms with Crippen molar-refractivity contribution in [2.75, 3.05) is 7.05 Å². The highest BCUT2D eigenvalue weighted by Gasteiger charge is 2.24. The quantitative estimate of drug-likeness (QED) is 0.829. The lowest BCUT2D eigenvalue weighted by atomic mass is 10.2. The monoisotopic (exact) mass is 257 g/mol. The summed E-state index contributed by atoms with van der Waals surface area (Å²) in [5, 5.41) is 14.1. The van der Waals surface area contributed by atoms with Crippen molar-refractivity contribution in [1.82, 2.24) is 15.2 Å². The Morgan fingerprint density at radius 1 is 1.65 bits per heavy atom. The summed E-state index contributed by atoms with van der Waals surface area (Å²) in [5.74, 6) is -1.00. The van der Waals surface area contributed by atoms with Gasteiger partial charge in [-0.25, -0.2) is 14.6 Å². The molecule has 2 N–H and O–H groups in total. The fourth-order valence-electron chi connectivity index (χ4n) is 1.37. The van der Waals surface area contributed by atoms with E-state index in [9.17, 15) is 9.59 Å². The van der Waals surface area contributed by atoms with Crippen LogP contribution in [0, 0.1) is 0 Å². The molecule has 1 atom stereocenters. The fraction of sp³-hybridized carbons (Fsp3) is 0.500. The molecule has 0 bridgehead atoms. The summed E-state index contributed by atoms with van der Waals surface area (Å²) < 4.78 is 0. The predicted molar refractivity (Wildman–Crippen MR) is 63.8 cm³/mol. The summed E-state index contributed by atoms with van der Waals surface area (Å²) in [4.78, 5) is 27.8. The molecule has 0 aliphatic rings. The first-order chi connectivity index (χ1) is 8.06. The van der Waals surface area contributed by atoms with Crippen LogP contribution in [0.3, 0.4) is 0 Å². The lowest BCUT2D eigenvalue weighted by Crippen LogP contribution is -2.46. The topological polar surface area (TPSA) is 82.5 Å². The molecule has 0 aliphatic carbocycles. The molecule has 6 nitrogen and oxygen atoms in total. The molecule has 0 saturated carbocycles. The van der Waals surface area contributed by atoms with E-state index in [1.54, 1.807) is 13.1 Å². The molecule has 1 unspecified atom stereocenters. The molecule has 0 fully saturated rings. The molecule has 1 aromatic heterocycles. The number of thiazole rings is 1. The minimum absolute atomic E-state index is 0.316. The molecule has 94 valence electrons. The van der Waals surface area contributed by atoms with Crippen LogP contribution in [0.2, 0.25) is 0 Å². The van der Waals surface area contributed by atoms with Gasteiger partial charge in [-0.05, 0) is 6.42 Å². The van der Waals surface area contributed by atoms with E-state index in [1.807, 2.05) is 5.38 Å². The molecule has 2 amide bonds. The van der Waals surface area contributed by atoms with Crippen LogP contribution in [0.15, 0.2) is 11.6 Å². The van der Waals surface area contributed by atoms with Gasteiger partial charge in [0.15, 0.2) is 0 Å². The molecular weight excluding hydrogens is 242 g/mol. The smallest absolute Gasteiger partial charge is 0.326 e. The average Bonchev–Trinajstić information content (AvgIpc) is 2.78. The maximum atomic E-state index is 11.7. The van der Waals surface area contributed by atoms with Crippen molar-refractivity contribution in [2.24, 2.45) is 0 Å². The fourth-order valence-corrected chi connectivity index (χ4v) is 1.93. The molecular formula is C10H15N3O3S. The van der Waals surface area contributed by atoms with Gasteiger partial charge in [-0.1, -0.05) is 6.92 Å². The zero-order valence-corrected chi connectivity index (χ0v) is 10.5. The zero-order chi connectivity index (χ0) is 12.8. The van der Waals surface area contributed by atoms with Crippen molar-refractivity contribution in [3.05, 3.63) is 16.6 Å². The minimum Gasteiger partial charge on any atom is -0.480 e. The first kappa shape index (κ1) is 13.4. The number of aliphatic carboxylic acids is 1. The van der Waals surface area contributed by atoms with E-state index in [2.05, 4.69) is 10.3 Å². The standard InChI is InChI=1S/C10H15N3O3S/c1-3-7(9(14)15)13(2)10(16)12-6-8-11-4-5-17-8/h4-5,7H,3,6H2,1-2H3,(H,12,16)(H,14,15). The normalized spacial score (nSPS) is 11.9. The molecule has 0 saturated heterocycles. The van der Waals surface area contributed by atoms with Crippen LogP contribution < -0.4 is 5.32 Å². The van der Waals surface area contributed by atoms with Crippen LogP contribution in [-0.4, -0.2) is 40.1 Å². The Kier molecular flexibility index (Phi) is 4.89. The molecule has 0 radical (unpaired) electrons. The van der Waals surface area contributed by atoms with Crippen LogP contribution in [0.4, 0.5) is 4.79 Å². The third kappa shape index (κ3) is 3.70. The maximum absolute atomic E-state index is 11.7.